The third-order valence-electron chi connectivity index (χ3n) is 3.89. The summed E-state index contributed by atoms with van der Waals surface area (Å²) < 4.78 is 16.1. The standard InChI is InChI=1S/C19H24N2O4/c1-20-19(22)14-7-5-13(6-8-14)11-21-12-16-17(24-3)9-15(23-2)10-18(16)25-4/h5-10,21H,11-12H2,1-4H3,(H,20,22). The lowest BCUT2D eigenvalue weighted by molar-refractivity contribution is 0.0963. The van der Waals surface area contributed by atoms with Gasteiger partial charge in [-0.3, -0.25) is 4.79 Å². The van der Waals surface area contributed by atoms with E-state index in [9.17, 15) is 4.79 Å². The molecule has 2 aromatic rings. The fourth-order valence-electron chi connectivity index (χ4n) is 2.50. The van der Waals surface area contributed by atoms with E-state index in [1.165, 1.54) is 0 Å². The largest absolute Gasteiger partial charge is 0.496 e. The lowest BCUT2D eigenvalue weighted by atomic mass is 10.1. The first-order valence-electron chi connectivity index (χ1n) is 7.93. The number of rotatable bonds is 8. The number of hydrogen-bond donors (Lipinski definition) is 2. The summed E-state index contributed by atoms with van der Waals surface area (Å²) in [6.45, 7) is 1.24. The van der Waals surface area contributed by atoms with Crippen LogP contribution in [-0.2, 0) is 13.1 Å². The number of hydrogen-bond acceptors (Lipinski definition) is 5. The number of methoxy groups -OCH3 is 3. The fourth-order valence-corrected chi connectivity index (χ4v) is 2.50. The van der Waals surface area contributed by atoms with Crippen LogP contribution in [0, 0.1) is 0 Å². The molecule has 0 aliphatic carbocycles. The highest BCUT2D eigenvalue weighted by atomic mass is 16.5. The van der Waals surface area contributed by atoms with Crippen LogP contribution < -0.4 is 24.8 Å². The highest BCUT2D eigenvalue weighted by molar-refractivity contribution is 5.93. The Morgan fingerprint density at radius 3 is 2.00 bits per heavy atom. The number of ether oxygens (including phenoxy) is 3. The molecule has 0 aliphatic rings. The third-order valence-corrected chi connectivity index (χ3v) is 3.89. The van der Waals surface area contributed by atoms with Gasteiger partial charge in [-0.2, -0.15) is 0 Å². The zero-order valence-electron chi connectivity index (χ0n) is 15.0. The van der Waals surface area contributed by atoms with Gasteiger partial charge in [-0.1, -0.05) is 12.1 Å². The first-order chi connectivity index (χ1) is 12.1. The fraction of sp³-hybridized carbons (Fsp3) is 0.316. The molecule has 0 heterocycles. The molecule has 2 aromatic carbocycles. The van der Waals surface area contributed by atoms with E-state index in [4.69, 9.17) is 14.2 Å². The van der Waals surface area contributed by atoms with Crippen molar-refractivity contribution in [2.24, 2.45) is 0 Å². The van der Waals surface area contributed by atoms with Crippen LogP contribution in [0.5, 0.6) is 17.2 Å². The zero-order valence-corrected chi connectivity index (χ0v) is 15.0. The highest BCUT2D eigenvalue weighted by Crippen LogP contribution is 2.33. The molecule has 0 fully saturated rings. The van der Waals surface area contributed by atoms with Crippen LogP contribution in [0.4, 0.5) is 0 Å². The lowest BCUT2D eigenvalue weighted by Gasteiger charge is -2.15. The van der Waals surface area contributed by atoms with Crippen LogP contribution >= 0.6 is 0 Å². The average molecular weight is 344 g/mol. The molecule has 0 aromatic heterocycles. The van der Waals surface area contributed by atoms with Gasteiger partial charge in [0.05, 0.1) is 26.9 Å². The topological polar surface area (TPSA) is 68.8 Å². The van der Waals surface area contributed by atoms with E-state index >= 15 is 0 Å². The molecule has 0 aliphatic heterocycles. The Labute approximate surface area is 148 Å². The minimum absolute atomic E-state index is 0.0905. The number of benzene rings is 2. The minimum Gasteiger partial charge on any atom is -0.496 e. The zero-order chi connectivity index (χ0) is 18.2. The van der Waals surface area contributed by atoms with E-state index in [-0.39, 0.29) is 5.91 Å². The van der Waals surface area contributed by atoms with Gasteiger partial charge in [0.1, 0.15) is 17.2 Å². The van der Waals surface area contributed by atoms with E-state index in [1.807, 2.05) is 36.4 Å². The molecule has 134 valence electrons. The van der Waals surface area contributed by atoms with Crippen molar-refractivity contribution in [3.8, 4) is 17.2 Å². The summed E-state index contributed by atoms with van der Waals surface area (Å²) in [5, 5.41) is 5.97. The van der Waals surface area contributed by atoms with Crippen LogP contribution in [0.2, 0.25) is 0 Å². The molecule has 6 nitrogen and oxygen atoms in total. The molecule has 2 rings (SSSR count). The van der Waals surface area contributed by atoms with Gasteiger partial charge in [-0.15, -0.1) is 0 Å². The summed E-state index contributed by atoms with van der Waals surface area (Å²) in [6, 6.07) is 11.1. The molecule has 0 bridgehead atoms. The maximum Gasteiger partial charge on any atom is 0.251 e. The van der Waals surface area contributed by atoms with Crippen LogP contribution in [0.1, 0.15) is 21.5 Å². The predicted octanol–water partition coefficient (Wildman–Crippen LogP) is 2.36. The maximum atomic E-state index is 11.6. The SMILES string of the molecule is CNC(=O)c1ccc(CNCc2c(OC)cc(OC)cc2OC)cc1. The van der Waals surface area contributed by atoms with Gasteiger partial charge >= 0.3 is 0 Å². The highest BCUT2D eigenvalue weighted by Gasteiger charge is 2.13. The molecule has 0 atom stereocenters. The second kappa shape index (κ2) is 8.94. The molecular formula is C19H24N2O4. The Morgan fingerprint density at radius 1 is 0.920 bits per heavy atom. The summed E-state index contributed by atoms with van der Waals surface area (Å²) in [5.41, 5.74) is 2.65. The maximum absolute atomic E-state index is 11.6. The van der Waals surface area contributed by atoms with Crippen molar-refractivity contribution in [1.82, 2.24) is 10.6 Å². The van der Waals surface area contributed by atoms with Gasteiger partial charge in [0.15, 0.2) is 0 Å². The molecule has 1 amide bonds. The van der Waals surface area contributed by atoms with Crippen LogP contribution in [-0.4, -0.2) is 34.3 Å². The van der Waals surface area contributed by atoms with E-state index in [0.717, 1.165) is 11.1 Å². The van der Waals surface area contributed by atoms with Gasteiger partial charge in [0.2, 0.25) is 0 Å². The Morgan fingerprint density at radius 2 is 1.52 bits per heavy atom. The van der Waals surface area contributed by atoms with Gasteiger partial charge in [0, 0.05) is 37.8 Å². The second-order valence-electron chi connectivity index (χ2n) is 5.39. The van der Waals surface area contributed by atoms with Crippen molar-refractivity contribution in [2.45, 2.75) is 13.1 Å². The Balaban J connectivity index is 2.05. The van der Waals surface area contributed by atoms with E-state index in [2.05, 4.69) is 10.6 Å². The molecule has 2 N–H and O–H groups in total. The van der Waals surface area contributed by atoms with Crippen molar-refractivity contribution < 1.29 is 19.0 Å². The quantitative estimate of drug-likeness (QED) is 0.769. The molecule has 0 saturated heterocycles. The van der Waals surface area contributed by atoms with Crippen molar-refractivity contribution in [2.75, 3.05) is 28.4 Å². The molecule has 0 radical (unpaired) electrons. The second-order valence-corrected chi connectivity index (χ2v) is 5.39. The smallest absolute Gasteiger partial charge is 0.251 e. The molecule has 25 heavy (non-hydrogen) atoms. The minimum atomic E-state index is -0.0905. The number of carbonyl (C=O) groups excluding carboxylic acids is 1. The number of amides is 1. The van der Waals surface area contributed by atoms with Crippen LogP contribution in [0.3, 0.4) is 0 Å². The van der Waals surface area contributed by atoms with Crippen molar-refractivity contribution in [3.05, 3.63) is 53.1 Å². The summed E-state index contributed by atoms with van der Waals surface area (Å²) in [4.78, 5) is 11.6. The van der Waals surface area contributed by atoms with Gasteiger partial charge < -0.3 is 24.8 Å². The van der Waals surface area contributed by atoms with Crippen LogP contribution in [0.25, 0.3) is 0 Å². The Hall–Kier alpha value is -2.73. The first-order valence-corrected chi connectivity index (χ1v) is 7.93. The molecule has 0 unspecified atom stereocenters. The Kier molecular flexibility index (Phi) is 6.65. The van der Waals surface area contributed by atoms with Crippen molar-refractivity contribution in [3.63, 3.8) is 0 Å². The summed E-state index contributed by atoms with van der Waals surface area (Å²) >= 11 is 0. The van der Waals surface area contributed by atoms with E-state index in [1.54, 1.807) is 28.4 Å². The molecule has 6 heteroatoms. The molecule has 0 spiro atoms. The predicted molar refractivity (Wildman–Crippen MR) is 96.5 cm³/mol. The van der Waals surface area contributed by atoms with Gasteiger partial charge in [-0.05, 0) is 17.7 Å². The first kappa shape index (κ1) is 18.6. The number of carbonyl (C=O) groups is 1. The summed E-state index contributed by atoms with van der Waals surface area (Å²) in [7, 11) is 6.46. The van der Waals surface area contributed by atoms with Gasteiger partial charge in [0.25, 0.3) is 5.91 Å². The third kappa shape index (κ3) is 4.64. The van der Waals surface area contributed by atoms with E-state index < -0.39 is 0 Å². The monoisotopic (exact) mass is 344 g/mol. The van der Waals surface area contributed by atoms with Crippen molar-refractivity contribution >= 4 is 5.91 Å². The van der Waals surface area contributed by atoms with E-state index in [0.29, 0.717) is 35.9 Å². The normalized spacial score (nSPS) is 10.2. The Bertz CT molecular complexity index is 689. The van der Waals surface area contributed by atoms with Gasteiger partial charge in [-0.25, -0.2) is 0 Å². The lowest BCUT2D eigenvalue weighted by Crippen LogP contribution is -2.18. The molecular weight excluding hydrogens is 320 g/mol. The summed E-state index contributed by atoms with van der Waals surface area (Å²) in [6.07, 6.45) is 0. The van der Waals surface area contributed by atoms with Crippen LogP contribution in [0.15, 0.2) is 36.4 Å². The average Bonchev–Trinajstić information content (AvgIpc) is 2.67. The molecule has 0 saturated carbocycles. The van der Waals surface area contributed by atoms with Crippen molar-refractivity contribution in [1.29, 1.82) is 0 Å². The summed E-state index contributed by atoms with van der Waals surface area (Å²) in [5.74, 6) is 2.01. The number of nitrogens with one attached hydrogen (secondary N) is 2.